The summed E-state index contributed by atoms with van der Waals surface area (Å²) in [5.74, 6) is 0. The fraction of sp³-hybridized carbons (Fsp3) is 0.300. The standard InChI is InChI=1S/C10H14N2/c1-2-11-7-3-4-10-5-8-12-9-6-10/h3,5-9,11H,2,4H2,1H3/b7-3-. The van der Waals surface area contributed by atoms with E-state index in [1.54, 1.807) is 0 Å². The highest BCUT2D eigenvalue weighted by molar-refractivity contribution is 5.13. The molecule has 0 saturated carbocycles. The Labute approximate surface area is 73.3 Å². The number of nitrogens with one attached hydrogen (secondary N) is 1. The van der Waals surface area contributed by atoms with E-state index in [1.807, 2.05) is 30.7 Å². The van der Waals surface area contributed by atoms with Gasteiger partial charge in [0.2, 0.25) is 0 Å². The molecule has 0 aliphatic carbocycles. The lowest BCUT2D eigenvalue weighted by molar-refractivity contribution is 0.913. The second kappa shape index (κ2) is 5.35. The lowest BCUT2D eigenvalue weighted by Crippen LogP contribution is -2.01. The van der Waals surface area contributed by atoms with Gasteiger partial charge in [0.25, 0.3) is 0 Å². The summed E-state index contributed by atoms with van der Waals surface area (Å²) in [4.78, 5) is 3.95. The van der Waals surface area contributed by atoms with Gasteiger partial charge in [-0.05, 0) is 37.2 Å². The van der Waals surface area contributed by atoms with E-state index in [1.165, 1.54) is 5.56 Å². The third kappa shape index (κ3) is 3.19. The van der Waals surface area contributed by atoms with Crippen LogP contribution in [0, 0.1) is 0 Å². The predicted molar refractivity (Wildman–Crippen MR) is 50.8 cm³/mol. The van der Waals surface area contributed by atoms with Crippen molar-refractivity contribution in [1.82, 2.24) is 10.3 Å². The summed E-state index contributed by atoms with van der Waals surface area (Å²) in [5, 5.41) is 3.12. The van der Waals surface area contributed by atoms with Crippen LogP contribution in [0.3, 0.4) is 0 Å². The average molecular weight is 162 g/mol. The van der Waals surface area contributed by atoms with Gasteiger partial charge in [-0.15, -0.1) is 0 Å². The average Bonchev–Trinajstić information content (AvgIpc) is 2.14. The second-order valence-corrected chi connectivity index (χ2v) is 2.52. The first kappa shape index (κ1) is 8.78. The summed E-state index contributed by atoms with van der Waals surface area (Å²) in [6.07, 6.45) is 8.70. The highest BCUT2D eigenvalue weighted by atomic mass is 14.8. The summed E-state index contributed by atoms with van der Waals surface area (Å²) < 4.78 is 0. The monoisotopic (exact) mass is 162 g/mol. The van der Waals surface area contributed by atoms with Crippen molar-refractivity contribution < 1.29 is 0 Å². The van der Waals surface area contributed by atoms with Crippen molar-refractivity contribution >= 4 is 0 Å². The second-order valence-electron chi connectivity index (χ2n) is 2.52. The van der Waals surface area contributed by atoms with Crippen LogP contribution in [0.5, 0.6) is 0 Å². The van der Waals surface area contributed by atoms with Crippen LogP contribution < -0.4 is 5.32 Å². The maximum Gasteiger partial charge on any atom is 0.0270 e. The first-order valence-electron chi connectivity index (χ1n) is 4.20. The van der Waals surface area contributed by atoms with Crippen molar-refractivity contribution in [2.24, 2.45) is 0 Å². The van der Waals surface area contributed by atoms with Gasteiger partial charge in [-0.25, -0.2) is 0 Å². The molecule has 0 unspecified atom stereocenters. The Morgan fingerprint density at radius 1 is 1.42 bits per heavy atom. The molecule has 0 spiro atoms. The van der Waals surface area contributed by atoms with Gasteiger partial charge in [-0.3, -0.25) is 4.98 Å². The normalized spacial score (nSPS) is 10.4. The molecule has 1 aromatic heterocycles. The van der Waals surface area contributed by atoms with Gasteiger partial charge >= 0.3 is 0 Å². The van der Waals surface area contributed by atoms with Gasteiger partial charge in [0.1, 0.15) is 0 Å². The van der Waals surface area contributed by atoms with E-state index < -0.39 is 0 Å². The topological polar surface area (TPSA) is 24.9 Å². The summed E-state index contributed by atoms with van der Waals surface area (Å²) in [6.45, 7) is 3.06. The largest absolute Gasteiger partial charge is 0.391 e. The van der Waals surface area contributed by atoms with E-state index in [0.29, 0.717) is 0 Å². The Balaban J connectivity index is 2.33. The Bertz CT molecular complexity index is 229. The van der Waals surface area contributed by atoms with Crippen LogP contribution in [0.4, 0.5) is 0 Å². The van der Waals surface area contributed by atoms with Gasteiger partial charge in [0.05, 0.1) is 0 Å². The number of hydrogen-bond donors (Lipinski definition) is 1. The number of rotatable bonds is 4. The molecule has 0 saturated heterocycles. The number of hydrogen-bond acceptors (Lipinski definition) is 2. The molecule has 2 nitrogen and oxygen atoms in total. The van der Waals surface area contributed by atoms with E-state index in [4.69, 9.17) is 0 Å². The summed E-state index contributed by atoms with van der Waals surface area (Å²) in [6, 6.07) is 4.05. The quantitative estimate of drug-likeness (QED) is 0.729. The Morgan fingerprint density at radius 2 is 2.17 bits per heavy atom. The fourth-order valence-corrected chi connectivity index (χ4v) is 0.915. The molecule has 0 amide bonds. The van der Waals surface area contributed by atoms with Crippen molar-refractivity contribution in [2.45, 2.75) is 13.3 Å². The Kier molecular flexibility index (Phi) is 3.92. The minimum Gasteiger partial charge on any atom is -0.391 e. The first-order chi connectivity index (χ1) is 5.93. The van der Waals surface area contributed by atoms with Gasteiger partial charge < -0.3 is 5.32 Å². The number of aromatic nitrogens is 1. The van der Waals surface area contributed by atoms with Gasteiger partial charge in [-0.2, -0.15) is 0 Å². The first-order valence-corrected chi connectivity index (χ1v) is 4.20. The van der Waals surface area contributed by atoms with Crippen LogP contribution in [0.1, 0.15) is 12.5 Å². The molecule has 2 heteroatoms. The van der Waals surface area contributed by atoms with Crippen LogP contribution in [-0.2, 0) is 6.42 Å². The van der Waals surface area contributed by atoms with Crippen molar-refractivity contribution in [3.63, 3.8) is 0 Å². The highest BCUT2D eigenvalue weighted by Crippen LogP contribution is 1.97. The molecule has 0 fully saturated rings. The Hall–Kier alpha value is -1.31. The van der Waals surface area contributed by atoms with Gasteiger partial charge in [0, 0.05) is 18.9 Å². The van der Waals surface area contributed by atoms with Crippen molar-refractivity contribution in [2.75, 3.05) is 6.54 Å². The van der Waals surface area contributed by atoms with Crippen LogP contribution in [0.2, 0.25) is 0 Å². The fourth-order valence-electron chi connectivity index (χ4n) is 0.915. The molecule has 64 valence electrons. The molecule has 12 heavy (non-hydrogen) atoms. The third-order valence-corrected chi connectivity index (χ3v) is 1.54. The summed E-state index contributed by atoms with van der Waals surface area (Å²) in [7, 11) is 0. The number of allylic oxidation sites excluding steroid dienone is 1. The van der Waals surface area contributed by atoms with Crippen LogP contribution in [0.15, 0.2) is 36.8 Å². The van der Waals surface area contributed by atoms with Crippen molar-refractivity contribution in [3.8, 4) is 0 Å². The van der Waals surface area contributed by atoms with Crippen molar-refractivity contribution in [1.29, 1.82) is 0 Å². The maximum absolute atomic E-state index is 3.95. The van der Waals surface area contributed by atoms with E-state index >= 15 is 0 Å². The van der Waals surface area contributed by atoms with E-state index in [0.717, 1.165) is 13.0 Å². The smallest absolute Gasteiger partial charge is 0.0270 e. The van der Waals surface area contributed by atoms with Crippen molar-refractivity contribution in [3.05, 3.63) is 42.4 Å². The van der Waals surface area contributed by atoms with Gasteiger partial charge in [-0.1, -0.05) is 6.08 Å². The van der Waals surface area contributed by atoms with E-state index in [-0.39, 0.29) is 0 Å². The molecular formula is C10H14N2. The zero-order chi connectivity index (χ0) is 8.65. The van der Waals surface area contributed by atoms with Crippen LogP contribution in [-0.4, -0.2) is 11.5 Å². The lowest BCUT2D eigenvalue weighted by atomic mass is 10.2. The third-order valence-electron chi connectivity index (χ3n) is 1.54. The molecule has 1 N–H and O–H groups in total. The molecule has 0 aliphatic rings. The molecule has 1 rings (SSSR count). The molecule has 0 atom stereocenters. The number of nitrogens with zero attached hydrogens (tertiary/aromatic N) is 1. The zero-order valence-corrected chi connectivity index (χ0v) is 7.33. The molecular weight excluding hydrogens is 148 g/mol. The van der Waals surface area contributed by atoms with E-state index in [9.17, 15) is 0 Å². The molecule has 1 aromatic rings. The van der Waals surface area contributed by atoms with Crippen LogP contribution in [0.25, 0.3) is 0 Å². The molecule has 0 aromatic carbocycles. The maximum atomic E-state index is 3.95. The van der Waals surface area contributed by atoms with E-state index in [2.05, 4.69) is 23.3 Å². The Morgan fingerprint density at radius 3 is 2.83 bits per heavy atom. The van der Waals surface area contributed by atoms with Gasteiger partial charge in [0.15, 0.2) is 0 Å². The molecule has 0 aliphatic heterocycles. The minimum absolute atomic E-state index is 0.968. The number of pyridine rings is 1. The zero-order valence-electron chi connectivity index (χ0n) is 7.33. The summed E-state index contributed by atoms with van der Waals surface area (Å²) in [5.41, 5.74) is 1.29. The molecule has 0 bridgehead atoms. The highest BCUT2D eigenvalue weighted by Gasteiger charge is 1.84. The SMILES string of the molecule is CCN/C=C\Cc1ccncc1. The predicted octanol–water partition coefficient (Wildman–Crippen LogP) is 1.75. The molecule has 1 heterocycles. The summed E-state index contributed by atoms with van der Waals surface area (Å²) >= 11 is 0. The van der Waals surface area contributed by atoms with Crippen LogP contribution >= 0.6 is 0 Å². The molecule has 0 radical (unpaired) electrons. The minimum atomic E-state index is 0.968. The lowest BCUT2D eigenvalue weighted by Gasteiger charge is -1.94.